The number of sulfonamides is 1. The van der Waals surface area contributed by atoms with Crippen molar-refractivity contribution in [2.45, 2.75) is 4.90 Å². The van der Waals surface area contributed by atoms with Crippen LogP contribution in [0.1, 0.15) is 0 Å². The monoisotopic (exact) mass is 263 g/mol. The van der Waals surface area contributed by atoms with Crippen LogP contribution in [0.4, 0.5) is 5.69 Å². The minimum atomic E-state index is -3.66. The summed E-state index contributed by atoms with van der Waals surface area (Å²) < 4.78 is 36.5. The lowest BCUT2D eigenvalue weighted by molar-refractivity contribution is 0.584. The van der Waals surface area contributed by atoms with Crippen molar-refractivity contribution in [1.82, 2.24) is 9.71 Å². The van der Waals surface area contributed by atoms with Crippen molar-refractivity contribution in [3.05, 3.63) is 18.5 Å². The fourth-order valence-electron chi connectivity index (χ4n) is 1.01. The quantitative estimate of drug-likeness (QED) is 0.733. The van der Waals surface area contributed by atoms with Crippen LogP contribution in [0.3, 0.4) is 0 Å². The summed E-state index contributed by atoms with van der Waals surface area (Å²) in [5, 5.41) is 0. The smallest absolute Gasteiger partial charge is 0.244 e. The second-order valence-electron chi connectivity index (χ2n) is 3.09. The molecule has 6 nitrogen and oxygen atoms in total. The first-order chi connectivity index (χ1) is 7.43. The highest BCUT2D eigenvalue weighted by atomic mass is 32.2. The summed E-state index contributed by atoms with van der Waals surface area (Å²) in [7, 11) is -4.69. The first kappa shape index (κ1) is 13.1. The molecule has 0 aliphatic rings. The minimum Gasteiger partial charge on any atom is -0.398 e. The standard InChI is InChI=1S/C8H13N3O3S2/c1-15(12)5-4-11-16(13,14)8-6-10-3-2-7(8)9/h2-3,6,11H,4-5H2,1H3,(H2,9,10). The van der Waals surface area contributed by atoms with Crippen LogP contribution in [0.2, 0.25) is 0 Å². The molecule has 16 heavy (non-hydrogen) atoms. The molecule has 0 radical (unpaired) electrons. The van der Waals surface area contributed by atoms with Gasteiger partial charge < -0.3 is 5.73 Å². The van der Waals surface area contributed by atoms with Gasteiger partial charge in [0.15, 0.2) is 0 Å². The Kier molecular flexibility index (Phi) is 4.39. The number of nitrogens with one attached hydrogen (secondary N) is 1. The number of rotatable bonds is 5. The van der Waals surface area contributed by atoms with Crippen LogP contribution in [0.15, 0.2) is 23.4 Å². The van der Waals surface area contributed by atoms with Gasteiger partial charge in [-0.1, -0.05) is 0 Å². The van der Waals surface area contributed by atoms with E-state index < -0.39 is 20.8 Å². The molecule has 0 saturated heterocycles. The molecule has 1 unspecified atom stereocenters. The normalized spacial score (nSPS) is 13.6. The molecule has 1 rings (SSSR count). The van der Waals surface area contributed by atoms with Gasteiger partial charge in [-0.2, -0.15) is 0 Å². The number of aromatic nitrogens is 1. The van der Waals surface area contributed by atoms with E-state index in [0.29, 0.717) is 0 Å². The topological polar surface area (TPSA) is 102 Å². The first-order valence-electron chi connectivity index (χ1n) is 4.42. The van der Waals surface area contributed by atoms with E-state index >= 15 is 0 Å². The lowest BCUT2D eigenvalue weighted by Gasteiger charge is -2.07. The molecule has 0 saturated carbocycles. The summed E-state index contributed by atoms with van der Waals surface area (Å²) in [6, 6.07) is 1.41. The van der Waals surface area contributed by atoms with E-state index in [1.165, 1.54) is 24.7 Å². The van der Waals surface area contributed by atoms with Gasteiger partial charge >= 0.3 is 0 Å². The third-order valence-corrected chi connectivity index (χ3v) is 4.07. The van der Waals surface area contributed by atoms with E-state index in [2.05, 4.69) is 9.71 Å². The van der Waals surface area contributed by atoms with Gasteiger partial charge in [0.25, 0.3) is 0 Å². The molecule has 0 aliphatic carbocycles. The van der Waals surface area contributed by atoms with Crippen molar-refractivity contribution in [2.75, 3.05) is 24.3 Å². The third-order valence-electron chi connectivity index (χ3n) is 1.79. The average Bonchev–Trinajstić information content (AvgIpc) is 2.17. The van der Waals surface area contributed by atoms with E-state index in [4.69, 9.17) is 5.73 Å². The van der Waals surface area contributed by atoms with E-state index in [-0.39, 0.29) is 22.9 Å². The molecule has 0 fully saturated rings. The van der Waals surface area contributed by atoms with Gasteiger partial charge in [-0.15, -0.1) is 0 Å². The Labute approximate surface area is 96.8 Å². The number of pyridine rings is 1. The van der Waals surface area contributed by atoms with Crippen LogP contribution in [-0.2, 0) is 20.8 Å². The molecular weight excluding hydrogens is 250 g/mol. The fourth-order valence-corrected chi connectivity index (χ4v) is 2.64. The lowest BCUT2D eigenvalue weighted by Crippen LogP contribution is -2.28. The summed E-state index contributed by atoms with van der Waals surface area (Å²) in [6.45, 7) is 0.111. The van der Waals surface area contributed by atoms with Crippen LogP contribution in [0.25, 0.3) is 0 Å². The maximum absolute atomic E-state index is 11.7. The van der Waals surface area contributed by atoms with Crippen LogP contribution in [0, 0.1) is 0 Å². The minimum absolute atomic E-state index is 0.0584. The van der Waals surface area contributed by atoms with Gasteiger partial charge in [0, 0.05) is 41.7 Å². The van der Waals surface area contributed by atoms with Crippen LogP contribution < -0.4 is 10.5 Å². The van der Waals surface area contributed by atoms with Crippen molar-refractivity contribution in [3.8, 4) is 0 Å². The van der Waals surface area contributed by atoms with Crippen molar-refractivity contribution in [2.24, 2.45) is 0 Å². The van der Waals surface area contributed by atoms with E-state index in [9.17, 15) is 12.6 Å². The number of nitrogens with zero attached hydrogens (tertiary/aromatic N) is 1. The fraction of sp³-hybridized carbons (Fsp3) is 0.375. The molecule has 0 aliphatic heterocycles. The maximum atomic E-state index is 11.7. The van der Waals surface area contributed by atoms with Crippen molar-refractivity contribution in [3.63, 3.8) is 0 Å². The van der Waals surface area contributed by atoms with E-state index in [1.54, 1.807) is 0 Å². The van der Waals surface area contributed by atoms with Crippen LogP contribution >= 0.6 is 0 Å². The SMILES string of the molecule is CS(=O)CCNS(=O)(=O)c1cnccc1N. The van der Waals surface area contributed by atoms with Crippen molar-refractivity contribution in [1.29, 1.82) is 0 Å². The molecule has 0 amide bonds. The van der Waals surface area contributed by atoms with Gasteiger partial charge in [0.2, 0.25) is 10.0 Å². The summed E-state index contributed by atoms with van der Waals surface area (Å²) >= 11 is 0. The van der Waals surface area contributed by atoms with Gasteiger partial charge in [-0.05, 0) is 6.07 Å². The summed E-state index contributed by atoms with van der Waals surface area (Å²) in [5.41, 5.74) is 5.66. The Morgan fingerprint density at radius 2 is 2.25 bits per heavy atom. The molecule has 8 heteroatoms. The zero-order valence-electron chi connectivity index (χ0n) is 8.71. The van der Waals surface area contributed by atoms with Gasteiger partial charge in [-0.3, -0.25) is 9.19 Å². The zero-order chi connectivity index (χ0) is 12.2. The van der Waals surface area contributed by atoms with E-state index in [1.807, 2.05) is 0 Å². The Bertz CT molecular complexity index is 487. The van der Waals surface area contributed by atoms with Crippen LogP contribution in [0.5, 0.6) is 0 Å². The predicted octanol–water partition coefficient (Wildman–Crippen LogP) is -0.679. The zero-order valence-corrected chi connectivity index (χ0v) is 10.3. The summed E-state index contributed by atoms with van der Waals surface area (Å²) in [4.78, 5) is 3.64. The number of nitrogens with two attached hydrogens (primary N) is 1. The summed E-state index contributed by atoms with van der Waals surface area (Å²) in [5.74, 6) is 0.263. The average molecular weight is 263 g/mol. The van der Waals surface area contributed by atoms with Gasteiger partial charge in [0.05, 0.1) is 5.69 Å². The van der Waals surface area contributed by atoms with Gasteiger partial charge in [0.1, 0.15) is 4.90 Å². The largest absolute Gasteiger partial charge is 0.398 e. The van der Waals surface area contributed by atoms with Crippen molar-refractivity contribution >= 4 is 26.5 Å². The lowest BCUT2D eigenvalue weighted by atomic mass is 10.4. The highest BCUT2D eigenvalue weighted by molar-refractivity contribution is 7.89. The number of anilines is 1. The maximum Gasteiger partial charge on any atom is 0.244 e. The molecule has 1 atom stereocenters. The second kappa shape index (κ2) is 5.37. The van der Waals surface area contributed by atoms with Crippen LogP contribution in [-0.4, -0.2) is 36.2 Å². The Morgan fingerprint density at radius 3 is 2.81 bits per heavy atom. The molecule has 1 aromatic heterocycles. The number of nitrogen functional groups attached to an aromatic ring is 1. The Morgan fingerprint density at radius 1 is 1.56 bits per heavy atom. The molecule has 90 valence electrons. The third kappa shape index (κ3) is 3.54. The highest BCUT2D eigenvalue weighted by Crippen LogP contribution is 2.14. The van der Waals surface area contributed by atoms with Gasteiger partial charge in [-0.25, -0.2) is 13.1 Å². The molecule has 1 heterocycles. The highest BCUT2D eigenvalue weighted by Gasteiger charge is 2.16. The summed E-state index contributed by atoms with van der Waals surface area (Å²) in [6.07, 6.45) is 4.10. The predicted molar refractivity (Wildman–Crippen MR) is 62.8 cm³/mol. The Balaban J connectivity index is 2.79. The first-order valence-corrected chi connectivity index (χ1v) is 7.63. The van der Waals surface area contributed by atoms with E-state index in [0.717, 1.165) is 0 Å². The van der Waals surface area contributed by atoms with Crippen molar-refractivity contribution < 1.29 is 12.6 Å². The molecule has 0 spiro atoms. The Hall–Kier alpha value is -0.990. The molecular formula is C8H13N3O3S2. The molecule has 0 aromatic carbocycles. The molecule has 3 N–H and O–H groups in total. The number of hydrogen-bond donors (Lipinski definition) is 2. The molecule has 0 bridgehead atoms. The number of hydrogen-bond acceptors (Lipinski definition) is 5. The second-order valence-corrected chi connectivity index (χ2v) is 6.38. The molecule has 1 aromatic rings.